The van der Waals surface area contributed by atoms with Gasteiger partial charge in [-0.3, -0.25) is 4.79 Å². The number of hydrogen-bond donors (Lipinski definition) is 2. The highest BCUT2D eigenvalue weighted by molar-refractivity contribution is 5.94. The largest absolute Gasteiger partial charge is 0.508 e. The second-order valence-electron chi connectivity index (χ2n) is 5.73. The molecule has 0 heterocycles. The summed E-state index contributed by atoms with van der Waals surface area (Å²) in [7, 11) is 0. The number of carbonyl (C=O) groups is 1. The van der Waals surface area contributed by atoms with Gasteiger partial charge in [0, 0.05) is 5.56 Å². The van der Waals surface area contributed by atoms with Crippen molar-refractivity contribution in [3.05, 3.63) is 90.0 Å². The van der Waals surface area contributed by atoms with Gasteiger partial charge in [0.05, 0.1) is 6.04 Å². The Bertz CT molecular complexity index is 809. The Morgan fingerprint density at radius 2 is 1.42 bits per heavy atom. The first kappa shape index (κ1) is 15.8. The van der Waals surface area contributed by atoms with Crippen molar-refractivity contribution in [2.45, 2.75) is 13.0 Å². The molecule has 3 nitrogen and oxygen atoms in total. The van der Waals surface area contributed by atoms with Crippen LogP contribution in [0, 0.1) is 0 Å². The summed E-state index contributed by atoms with van der Waals surface area (Å²) in [6.07, 6.45) is 0. The molecule has 0 aliphatic rings. The lowest BCUT2D eigenvalue weighted by Gasteiger charge is -2.14. The normalized spacial score (nSPS) is 11.7. The fraction of sp³-hybridized carbons (Fsp3) is 0.0952. The van der Waals surface area contributed by atoms with Crippen LogP contribution < -0.4 is 5.32 Å². The van der Waals surface area contributed by atoms with Crippen molar-refractivity contribution in [2.75, 3.05) is 0 Å². The summed E-state index contributed by atoms with van der Waals surface area (Å²) in [6, 6.07) is 24.3. The number of rotatable bonds is 4. The highest BCUT2D eigenvalue weighted by Gasteiger charge is 2.11. The molecule has 0 spiro atoms. The van der Waals surface area contributed by atoms with Crippen LogP contribution in [0.5, 0.6) is 5.75 Å². The Labute approximate surface area is 141 Å². The molecule has 0 saturated heterocycles. The quantitative estimate of drug-likeness (QED) is 0.741. The lowest BCUT2D eigenvalue weighted by molar-refractivity contribution is 0.0940. The van der Waals surface area contributed by atoms with E-state index in [1.807, 2.05) is 61.5 Å². The Balaban J connectivity index is 1.70. The van der Waals surface area contributed by atoms with Crippen molar-refractivity contribution in [2.24, 2.45) is 0 Å². The molecule has 24 heavy (non-hydrogen) atoms. The van der Waals surface area contributed by atoms with E-state index in [0.717, 1.165) is 16.7 Å². The number of amides is 1. The van der Waals surface area contributed by atoms with Crippen LogP contribution in [-0.4, -0.2) is 11.0 Å². The monoisotopic (exact) mass is 317 g/mol. The van der Waals surface area contributed by atoms with Gasteiger partial charge < -0.3 is 10.4 Å². The highest BCUT2D eigenvalue weighted by Crippen LogP contribution is 2.20. The molecule has 120 valence electrons. The molecule has 0 saturated carbocycles. The molecule has 0 radical (unpaired) electrons. The zero-order valence-corrected chi connectivity index (χ0v) is 13.4. The molecule has 0 fully saturated rings. The number of carbonyl (C=O) groups excluding carboxylic acids is 1. The third-order valence-corrected chi connectivity index (χ3v) is 3.99. The van der Waals surface area contributed by atoms with Gasteiger partial charge in [-0.2, -0.15) is 0 Å². The molecule has 1 atom stereocenters. The molecule has 3 heteroatoms. The van der Waals surface area contributed by atoms with Gasteiger partial charge in [0.15, 0.2) is 0 Å². The number of phenolic OH excluding ortho intramolecular Hbond substituents is 1. The molecule has 0 bridgehead atoms. The maximum atomic E-state index is 12.4. The van der Waals surface area contributed by atoms with Gasteiger partial charge in [0.2, 0.25) is 0 Å². The van der Waals surface area contributed by atoms with Gasteiger partial charge in [-0.1, -0.05) is 54.6 Å². The van der Waals surface area contributed by atoms with E-state index in [2.05, 4.69) is 5.32 Å². The Hall–Kier alpha value is -3.07. The van der Waals surface area contributed by atoms with E-state index in [9.17, 15) is 9.90 Å². The van der Waals surface area contributed by atoms with Crippen LogP contribution in [0.3, 0.4) is 0 Å². The smallest absolute Gasteiger partial charge is 0.251 e. The van der Waals surface area contributed by atoms with Gasteiger partial charge >= 0.3 is 0 Å². The summed E-state index contributed by atoms with van der Waals surface area (Å²) in [5.41, 5.74) is 3.78. The van der Waals surface area contributed by atoms with E-state index < -0.39 is 0 Å². The first-order valence-corrected chi connectivity index (χ1v) is 7.89. The average molecular weight is 317 g/mol. The molecule has 1 amide bonds. The molecule has 2 N–H and O–H groups in total. The van der Waals surface area contributed by atoms with Crippen LogP contribution in [0.15, 0.2) is 78.9 Å². The van der Waals surface area contributed by atoms with E-state index in [-0.39, 0.29) is 17.7 Å². The van der Waals surface area contributed by atoms with E-state index >= 15 is 0 Å². The Morgan fingerprint density at radius 1 is 0.833 bits per heavy atom. The van der Waals surface area contributed by atoms with Gasteiger partial charge in [0.25, 0.3) is 5.91 Å². The SMILES string of the molecule is C[C@H](NC(=O)c1ccc(-c2ccccc2)cc1)c1ccc(O)cc1. The van der Waals surface area contributed by atoms with Crippen LogP contribution >= 0.6 is 0 Å². The van der Waals surface area contributed by atoms with E-state index in [1.54, 1.807) is 24.3 Å². The predicted octanol–water partition coefficient (Wildman–Crippen LogP) is 4.55. The number of benzene rings is 3. The standard InChI is InChI=1S/C21H19NO2/c1-15(16-11-13-20(23)14-12-16)22-21(24)19-9-7-18(8-10-19)17-5-3-2-4-6-17/h2-15,23H,1H3,(H,22,24)/t15-/m0/s1. The first-order chi connectivity index (χ1) is 11.6. The van der Waals surface area contributed by atoms with Crippen molar-refractivity contribution < 1.29 is 9.90 Å². The van der Waals surface area contributed by atoms with Crippen LogP contribution in [0.4, 0.5) is 0 Å². The van der Waals surface area contributed by atoms with E-state index in [4.69, 9.17) is 0 Å². The van der Waals surface area contributed by atoms with Crippen LogP contribution in [0.2, 0.25) is 0 Å². The minimum absolute atomic E-state index is 0.116. The Kier molecular flexibility index (Phi) is 4.62. The molecule has 0 aromatic heterocycles. The molecular formula is C21H19NO2. The molecule has 0 unspecified atom stereocenters. The molecule has 3 aromatic rings. The fourth-order valence-corrected chi connectivity index (χ4v) is 2.57. The summed E-state index contributed by atoms with van der Waals surface area (Å²) in [5, 5.41) is 12.3. The van der Waals surface area contributed by atoms with Crippen LogP contribution in [0.1, 0.15) is 28.9 Å². The summed E-state index contributed by atoms with van der Waals surface area (Å²) in [6.45, 7) is 1.92. The topological polar surface area (TPSA) is 49.3 Å². The Morgan fingerprint density at radius 3 is 2.04 bits per heavy atom. The molecule has 0 aliphatic carbocycles. The zero-order chi connectivity index (χ0) is 16.9. The minimum atomic E-state index is -0.133. The van der Waals surface area contributed by atoms with Crippen molar-refractivity contribution >= 4 is 5.91 Å². The summed E-state index contributed by atoms with van der Waals surface area (Å²) in [4.78, 5) is 12.4. The average Bonchev–Trinajstić information content (AvgIpc) is 2.63. The van der Waals surface area contributed by atoms with Crippen LogP contribution in [-0.2, 0) is 0 Å². The second-order valence-corrected chi connectivity index (χ2v) is 5.73. The lowest BCUT2D eigenvalue weighted by Crippen LogP contribution is -2.26. The van der Waals surface area contributed by atoms with Gasteiger partial charge in [-0.15, -0.1) is 0 Å². The predicted molar refractivity (Wildman–Crippen MR) is 95.9 cm³/mol. The maximum absolute atomic E-state index is 12.4. The zero-order valence-electron chi connectivity index (χ0n) is 13.4. The molecular weight excluding hydrogens is 298 g/mol. The third-order valence-electron chi connectivity index (χ3n) is 3.99. The molecule has 0 aliphatic heterocycles. The van der Waals surface area contributed by atoms with E-state index in [0.29, 0.717) is 5.56 Å². The van der Waals surface area contributed by atoms with Crippen molar-refractivity contribution in [3.8, 4) is 16.9 Å². The van der Waals surface area contributed by atoms with Gasteiger partial charge in [-0.05, 0) is 47.9 Å². The van der Waals surface area contributed by atoms with Crippen molar-refractivity contribution in [1.82, 2.24) is 5.32 Å². The van der Waals surface area contributed by atoms with Gasteiger partial charge in [-0.25, -0.2) is 0 Å². The number of phenols is 1. The summed E-state index contributed by atoms with van der Waals surface area (Å²) >= 11 is 0. The minimum Gasteiger partial charge on any atom is -0.508 e. The first-order valence-electron chi connectivity index (χ1n) is 7.89. The van der Waals surface area contributed by atoms with Crippen molar-refractivity contribution in [3.63, 3.8) is 0 Å². The lowest BCUT2D eigenvalue weighted by atomic mass is 10.0. The molecule has 3 aromatic carbocycles. The van der Waals surface area contributed by atoms with Crippen LogP contribution in [0.25, 0.3) is 11.1 Å². The van der Waals surface area contributed by atoms with E-state index in [1.165, 1.54) is 0 Å². The number of hydrogen-bond acceptors (Lipinski definition) is 2. The third kappa shape index (κ3) is 3.63. The van der Waals surface area contributed by atoms with Crippen molar-refractivity contribution in [1.29, 1.82) is 0 Å². The number of nitrogens with one attached hydrogen (secondary N) is 1. The number of aromatic hydroxyl groups is 1. The highest BCUT2D eigenvalue weighted by atomic mass is 16.3. The fourth-order valence-electron chi connectivity index (χ4n) is 2.57. The second kappa shape index (κ2) is 7.01. The summed E-state index contributed by atoms with van der Waals surface area (Å²) < 4.78 is 0. The maximum Gasteiger partial charge on any atom is 0.251 e. The summed E-state index contributed by atoms with van der Waals surface area (Å²) in [5.74, 6) is 0.101. The van der Waals surface area contributed by atoms with Gasteiger partial charge in [0.1, 0.15) is 5.75 Å². The molecule has 3 rings (SSSR count).